The number of phosphoric ester groups is 2. The fourth-order valence-electron chi connectivity index (χ4n) is 11.9. The molecule has 0 fully saturated rings. The fraction of sp³-hybridized carbons (Fsp3) is 0.775. The van der Waals surface area contributed by atoms with Crippen LogP contribution >= 0.6 is 15.6 Å². The summed E-state index contributed by atoms with van der Waals surface area (Å²) in [5.41, 5.74) is 0. The number of carbonyl (C=O) groups is 4. The second kappa shape index (κ2) is 81.0. The Hall–Kier alpha value is -4.02. The van der Waals surface area contributed by atoms with Gasteiger partial charge in [-0.3, -0.25) is 37.3 Å². The number of esters is 4. The summed E-state index contributed by atoms with van der Waals surface area (Å²) in [6.45, 7) is 4.79. The predicted molar refractivity (Wildman–Crippen MR) is 446 cm³/mol. The molecule has 0 bridgehead atoms. The third kappa shape index (κ3) is 80.0. The quantitative estimate of drug-likeness (QED) is 0.0169. The lowest BCUT2D eigenvalue weighted by molar-refractivity contribution is -0.161. The second-order valence-electron chi connectivity index (χ2n) is 29.1. The normalized spacial score (nSPS) is 14.2. The van der Waals surface area contributed by atoms with E-state index in [1.165, 1.54) is 199 Å². The molecule has 0 aliphatic rings. The highest BCUT2D eigenvalue weighted by Crippen LogP contribution is 2.45. The van der Waals surface area contributed by atoms with E-state index in [0.29, 0.717) is 38.5 Å². The van der Waals surface area contributed by atoms with E-state index in [1.54, 1.807) is 0 Å². The van der Waals surface area contributed by atoms with E-state index in [-0.39, 0.29) is 25.7 Å². The summed E-state index contributed by atoms with van der Waals surface area (Å²) in [7, 11) is -9.99. The first-order chi connectivity index (χ1) is 52.7. The molecule has 0 amide bonds. The highest BCUT2D eigenvalue weighted by Gasteiger charge is 2.30. The third-order valence-electron chi connectivity index (χ3n) is 18.6. The van der Waals surface area contributed by atoms with Crippen LogP contribution in [-0.4, -0.2) is 96.7 Å². The molecule has 3 N–H and O–H groups in total. The van der Waals surface area contributed by atoms with Crippen molar-refractivity contribution < 1.29 is 80.2 Å². The summed E-state index contributed by atoms with van der Waals surface area (Å²) >= 11 is 0. The van der Waals surface area contributed by atoms with Crippen molar-refractivity contribution in [2.24, 2.45) is 0 Å². The molecule has 0 rings (SSSR count). The summed E-state index contributed by atoms with van der Waals surface area (Å²) in [5.74, 6) is -2.28. The van der Waals surface area contributed by atoms with Crippen molar-refractivity contribution in [1.82, 2.24) is 0 Å². The molecular formula is C89H158O17P2. The smallest absolute Gasteiger partial charge is 0.462 e. The fourth-order valence-corrected chi connectivity index (χ4v) is 13.5. The van der Waals surface area contributed by atoms with Gasteiger partial charge < -0.3 is 33.8 Å². The molecule has 0 aromatic heterocycles. The zero-order chi connectivity index (χ0) is 78.9. The molecule has 0 aromatic rings. The van der Waals surface area contributed by atoms with Crippen molar-refractivity contribution in [3.63, 3.8) is 0 Å². The highest BCUT2D eigenvalue weighted by molar-refractivity contribution is 7.47. The van der Waals surface area contributed by atoms with Gasteiger partial charge in [0.2, 0.25) is 0 Å². The molecule has 19 heteroatoms. The highest BCUT2D eigenvalue weighted by atomic mass is 31.2. The number of allylic oxidation sites excluding steroid dienone is 16. The van der Waals surface area contributed by atoms with Gasteiger partial charge in [0.05, 0.1) is 26.4 Å². The van der Waals surface area contributed by atoms with Crippen molar-refractivity contribution in [2.75, 3.05) is 39.6 Å². The number of unbranched alkanes of at least 4 members (excludes halogenated alkanes) is 40. The minimum atomic E-state index is -5.00. The summed E-state index contributed by atoms with van der Waals surface area (Å²) < 4.78 is 68.7. The van der Waals surface area contributed by atoms with Crippen LogP contribution in [-0.2, 0) is 65.4 Å². The van der Waals surface area contributed by atoms with E-state index in [4.69, 9.17) is 37.0 Å². The van der Waals surface area contributed by atoms with Crippen LogP contribution in [0.15, 0.2) is 97.2 Å². The molecule has 0 saturated carbocycles. The zero-order valence-electron chi connectivity index (χ0n) is 68.8. The Morgan fingerprint density at radius 2 is 0.463 bits per heavy atom. The van der Waals surface area contributed by atoms with Crippen molar-refractivity contribution in [1.29, 1.82) is 0 Å². The van der Waals surface area contributed by atoms with Crippen molar-refractivity contribution in [2.45, 2.75) is 406 Å². The van der Waals surface area contributed by atoms with Gasteiger partial charge in [0, 0.05) is 25.7 Å². The van der Waals surface area contributed by atoms with Gasteiger partial charge in [-0.05, 0) is 103 Å². The lowest BCUT2D eigenvalue weighted by atomic mass is 10.0. The van der Waals surface area contributed by atoms with Gasteiger partial charge in [0.15, 0.2) is 12.2 Å². The Morgan fingerprint density at radius 3 is 0.741 bits per heavy atom. The molecule has 626 valence electrons. The second-order valence-corrected chi connectivity index (χ2v) is 32.0. The van der Waals surface area contributed by atoms with Crippen LogP contribution in [0.2, 0.25) is 0 Å². The summed E-state index contributed by atoms with van der Waals surface area (Å²) in [6, 6.07) is 0. The van der Waals surface area contributed by atoms with Crippen LogP contribution in [0.25, 0.3) is 0 Å². The molecule has 0 radical (unpaired) electrons. The minimum Gasteiger partial charge on any atom is -0.462 e. The maximum Gasteiger partial charge on any atom is 0.472 e. The van der Waals surface area contributed by atoms with E-state index >= 15 is 0 Å². The first kappa shape index (κ1) is 104. The van der Waals surface area contributed by atoms with E-state index in [1.807, 2.05) is 24.3 Å². The Balaban J connectivity index is 5.43. The number of ether oxygens (including phenoxy) is 4. The molecule has 0 heterocycles. The first-order valence-electron chi connectivity index (χ1n) is 43.5. The number of phosphoric acid groups is 2. The number of hydrogen-bond donors (Lipinski definition) is 3. The van der Waals surface area contributed by atoms with E-state index in [0.717, 1.165) is 96.3 Å². The van der Waals surface area contributed by atoms with Crippen LogP contribution in [0.4, 0.5) is 0 Å². The van der Waals surface area contributed by atoms with E-state index in [2.05, 4.69) is 101 Å². The molecule has 0 aromatic carbocycles. The monoisotopic (exact) mass is 1560 g/mol. The number of hydrogen-bond acceptors (Lipinski definition) is 15. The summed E-state index contributed by atoms with van der Waals surface area (Å²) in [5, 5.41) is 10.7. The van der Waals surface area contributed by atoms with E-state index < -0.39 is 97.5 Å². The van der Waals surface area contributed by atoms with Crippen LogP contribution in [0.1, 0.15) is 387 Å². The topological polar surface area (TPSA) is 237 Å². The van der Waals surface area contributed by atoms with Crippen molar-refractivity contribution in [3.8, 4) is 0 Å². The molecule has 5 atom stereocenters. The summed E-state index contributed by atoms with van der Waals surface area (Å²) in [6.07, 6.45) is 88.1. The van der Waals surface area contributed by atoms with Gasteiger partial charge in [0.25, 0.3) is 0 Å². The maximum atomic E-state index is 13.1. The van der Waals surface area contributed by atoms with Gasteiger partial charge in [-0.2, -0.15) is 0 Å². The Labute approximate surface area is 658 Å². The largest absolute Gasteiger partial charge is 0.472 e. The number of carbonyl (C=O) groups excluding carboxylic acids is 4. The Kier molecular flexibility index (Phi) is 78.0. The molecule has 108 heavy (non-hydrogen) atoms. The Morgan fingerprint density at radius 1 is 0.259 bits per heavy atom. The van der Waals surface area contributed by atoms with Gasteiger partial charge in [-0.25, -0.2) is 9.13 Å². The lowest BCUT2D eigenvalue weighted by Crippen LogP contribution is -2.30. The average molecular weight is 1560 g/mol. The van der Waals surface area contributed by atoms with Crippen LogP contribution in [0.5, 0.6) is 0 Å². The van der Waals surface area contributed by atoms with E-state index in [9.17, 15) is 43.2 Å². The van der Waals surface area contributed by atoms with Crippen LogP contribution < -0.4 is 0 Å². The maximum absolute atomic E-state index is 13.1. The molecule has 0 aliphatic heterocycles. The number of rotatable bonds is 82. The van der Waals surface area contributed by atoms with Crippen molar-refractivity contribution >= 4 is 39.5 Å². The molecule has 2 unspecified atom stereocenters. The third-order valence-corrected chi connectivity index (χ3v) is 20.5. The molecule has 0 aliphatic carbocycles. The average Bonchev–Trinajstić information content (AvgIpc) is 0.880. The molecule has 17 nitrogen and oxygen atoms in total. The first-order valence-corrected chi connectivity index (χ1v) is 46.5. The van der Waals surface area contributed by atoms with Gasteiger partial charge in [-0.15, -0.1) is 0 Å². The SMILES string of the molecule is CCCCC/C=C\C/C=C\C/C=C\C/C=C\CCCC(=O)OC[C@H](COP(=O)(O)OC[C@@H](O)COP(=O)(O)OC[C@@H](COC(=O)CCCCCCCCCCCCCCCCCCC)OC(=O)CCC/C=C\C/C=C\C/C=C\C/C=C\CCCCC)OC(=O)CCCCCCCCCCCCCCCCCCC. The van der Waals surface area contributed by atoms with Gasteiger partial charge >= 0.3 is 39.5 Å². The summed E-state index contributed by atoms with van der Waals surface area (Å²) in [4.78, 5) is 73.2. The standard InChI is InChI=1S/C89H158O17P2/c1-5-9-13-17-21-25-29-33-37-41-45-49-53-57-61-65-69-73-86(91)99-79-84(105-88(93)75-71-67-63-59-55-51-47-43-39-35-31-27-23-19-15-11-7-3)81-103-107(95,96)101-77-83(90)78-102-108(97,98)104-82-85(106-89(94)76-72-68-64-60-56-52-48-44-40-36-32-28-24-20-16-12-8-4)80-100-87(92)74-70-66-62-58-54-50-46-42-38-34-30-26-22-18-14-10-6-2/h21,24-25,28,33,36-37,40,45,48-49,52,57,60-61,64,83-85,90H,5-20,22-23,26-27,29-32,34-35,38-39,41-44,46-47,50-51,53-56,58-59,62-63,65-82H2,1-4H3,(H,95,96)(H,97,98)/b25-21-,28-24-,37-33-,40-36-,49-45-,52-48-,61-57-,64-60-/t83-,84-,85-/m1/s1. The minimum absolute atomic E-state index is 0.0206. The van der Waals surface area contributed by atoms with Crippen LogP contribution in [0.3, 0.4) is 0 Å². The van der Waals surface area contributed by atoms with Crippen LogP contribution in [0, 0.1) is 0 Å². The zero-order valence-corrected chi connectivity index (χ0v) is 70.6. The number of aliphatic hydroxyl groups is 1. The lowest BCUT2D eigenvalue weighted by Gasteiger charge is -2.21. The predicted octanol–water partition coefficient (Wildman–Crippen LogP) is 25.9. The molecular weight excluding hydrogens is 1400 g/mol. The van der Waals surface area contributed by atoms with Gasteiger partial charge in [0.1, 0.15) is 19.3 Å². The molecule has 0 spiro atoms. The van der Waals surface area contributed by atoms with Gasteiger partial charge in [-0.1, -0.05) is 356 Å². The Bertz CT molecular complexity index is 2420. The molecule has 0 saturated heterocycles. The number of aliphatic hydroxyl groups excluding tert-OH is 1. The van der Waals surface area contributed by atoms with Crippen molar-refractivity contribution in [3.05, 3.63) is 97.2 Å².